The fourth-order valence-corrected chi connectivity index (χ4v) is 5.39. The lowest BCUT2D eigenvalue weighted by molar-refractivity contribution is 0.305. The molecule has 0 atom stereocenters. The summed E-state index contributed by atoms with van der Waals surface area (Å²) in [4.78, 5) is 4.25. The molecule has 0 saturated heterocycles. The maximum Gasteiger partial charge on any atom is 0.155 e. The third kappa shape index (κ3) is 8.63. The average molecular weight is 580 g/mol. The topological polar surface area (TPSA) is 129 Å². The number of benzene rings is 2. The lowest BCUT2D eigenvalue weighted by Crippen LogP contribution is -2.23. The summed E-state index contributed by atoms with van der Waals surface area (Å²) in [5, 5.41) is 17.9. The number of halogens is 1. The highest BCUT2D eigenvalue weighted by molar-refractivity contribution is 7.91. The van der Waals surface area contributed by atoms with E-state index in [0.29, 0.717) is 53.7 Å². The second-order valence-corrected chi connectivity index (χ2v) is 11.7. The molecule has 41 heavy (non-hydrogen) atoms. The number of dihydropyridines is 1. The van der Waals surface area contributed by atoms with E-state index in [9.17, 15) is 12.8 Å². The Kier molecular flexibility index (Phi) is 10.1. The molecule has 4 N–H and O–H groups in total. The van der Waals surface area contributed by atoms with Crippen molar-refractivity contribution in [2.75, 3.05) is 30.4 Å². The molecule has 0 fully saturated rings. The number of sulfone groups is 1. The predicted octanol–water partition coefficient (Wildman–Crippen LogP) is 4.90. The fraction of sp³-hybridized carbons (Fsp3) is 0.267. The molecule has 216 valence electrons. The highest BCUT2D eigenvalue weighted by atomic mass is 32.2. The molecule has 9 nitrogen and oxygen atoms in total. The van der Waals surface area contributed by atoms with Crippen LogP contribution in [0.15, 0.2) is 87.5 Å². The minimum absolute atomic E-state index is 0.0855. The van der Waals surface area contributed by atoms with Crippen molar-refractivity contribution in [3.63, 3.8) is 0 Å². The number of amidine groups is 1. The van der Waals surface area contributed by atoms with Gasteiger partial charge < -0.3 is 25.1 Å². The SMILES string of the molecule is CCCS(=O)(=O)CCNCc1ccc(C2=C/C(=C(/NC)Nc3ccc(OCc4cccc(F)c4)cc3)C(=N)N=C2)o1. The number of anilines is 1. The summed E-state index contributed by atoms with van der Waals surface area (Å²) in [6.45, 7) is 2.85. The first-order valence-electron chi connectivity index (χ1n) is 13.3. The van der Waals surface area contributed by atoms with Crippen molar-refractivity contribution in [2.45, 2.75) is 26.5 Å². The smallest absolute Gasteiger partial charge is 0.155 e. The van der Waals surface area contributed by atoms with E-state index in [2.05, 4.69) is 20.9 Å². The first-order chi connectivity index (χ1) is 19.8. The zero-order chi connectivity index (χ0) is 29.2. The van der Waals surface area contributed by atoms with E-state index in [1.807, 2.05) is 49.4 Å². The molecule has 0 radical (unpaired) electrons. The Morgan fingerprint density at radius 3 is 2.63 bits per heavy atom. The fourth-order valence-electron chi connectivity index (χ4n) is 4.11. The van der Waals surface area contributed by atoms with Crippen LogP contribution in [0.2, 0.25) is 0 Å². The molecule has 1 aliphatic rings. The van der Waals surface area contributed by atoms with Crippen LogP contribution in [0.4, 0.5) is 10.1 Å². The maximum atomic E-state index is 13.4. The number of rotatable bonds is 14. The number of hydrogen-bond acceptors (Lipinski definition) is 8. The molecule has 0 unspecified atom stereocenters. The van der Waals surface area contributed by atoms with Gasteiger partial charge in [-0.1, -0.05) is 19.1 Å². The molecule has 0 aliphatic carbocycles. The molecule has 0 spiro atoms. The highest BCUT2D eigenvalue weighted by Gasteiger charge is 2.17. The molecule has 2 aromatic carbocycles. The van der Waals surface area contributed by atoms with Crippen LogP contribution < -0.4 is 20.7 Å². The quantitative estimate of drug-likeness (QED) is 0.200. The minimum atomic E-state index is -3.03. The third-order valence-corrected chi connectivity index (χ3v) is 8.03. The van der Waals surface area contributed by atoms with E-state index in [0.717, 1.165) is 11.3 Å². The van der Waals surface area contributed by atoms with E-state index in [1.54, 1.807) is 25.4 Å². The van der Waals surface area contributed by atoms with Gasteiger partial charge in [0.05, 0.1) is 17.9 Å². The summed E-state index contributed by atoms with van der Waals surface area (Å²) in [5.41, 5.74) is 2.76. The van der Waals surface area contributed by atoms with Crippen molar-refractivity contribution in [3.05, 3.63) is 101 Å². The summed E-state index contributed by atoms with van der Waals surface area (Å²) in [5.74, 6) is 2.55. The van der Waals surface area contributed by atoms with Gasteiger partial charge in [-0.25, -0.2) is 17.8 Å². The van der Waals surface area contributed by atoms with Crippen LogP contribution in [0.5, 0.6) is 5.75 Å². The number of nitrogens with one attached hydrogen (secondary N) is 4. The standard InChI is InChI=1S/C30H34FN5O4S/c1-3-14-41(37,38)15-13-34-19-26-11-12-28(40-26)22-17-27(29(32)35-18-22)30(33-2)36-24-7-9-25(10-8-24)39-20-21-5-4-6-23(31)16-21/h4-12,16-18,32-34,36H,3,13-15,19-20H2,1-2H3/b30-27+,32-29?. The van der Waals surface area contributed by atoms with Crippen molar-refractivity contribution in [1.29, 1.82) is 5.41 Å². The lowest BCUT2D eigenvalue weighted by Gasteiger charge is -2.17. The number of hydrogen-bond donors (Lipinski definition) is 4. The molecule has 1 aromatic heterocycles. The number of ether oxygens (including phenoxy) is 1. The molecule has 1 aliphatic heterocycles. The van der Waals surface area contributed by atoms with Gasteiger partial charge in [0.15, 0.2) is 15.7 Å². The number of aliphatic imine (C=N–C) groups is 1. The van der Waals surface area contributed by atoms with Crippen LogP contribution in [0.25, 0.3) is 5.57 Å². The monoisotopic (exact) mass is 579 g/mol. The maximum absolute atomic E-state index is 13.4. The summed E-state index contributed by atoms with van der Waals surface area (Å²) in [6, 6.07) is 17.2. The zero-order valence-corrected chi connectivity index (χ0v) is 23.9. The van der Waals surface area contributed by atoms with E-state index < -0.39 is 9.84 Å². The number of nitrogens with zero attached hydrogens (tertiary/aromatic N) is 1. The third-order valence-electron chi connectivity index (χ3n) is 6.18. The summed E-state index contributed by atoms with van der Waals surface area (Å²) < 4.78 is 48.8. The molecule has 3 aromatic rings. The Hall–Kier alpha value is -4.22. The van der Waals surface area contributed by atoms with Gasteiger partial charge in [0.2, 0.25) is 0 Å². The van der Waals surface area contributed by atoms with Crippen molar-refractivity contribution in [3.8, 4) is 5.75 Å². The second kappa shape index (κ2) is 13.9. The van der Waals surface area contributed by atoms with E-state index in [1.165, 1.54) is 12.1 Å². The Labute approximate surface area is 239 Å². The molecule has 0 bridgehead atoms. The molecule has 0 amide bonds. The zero-order valence-electron chi connectivity index (χ0n) is 23.0. The normalized spacial score (nSPS) is 14.5. The highest BCUT2D eigenvalue weighted by Crippen LogP contribution is 2.25. The van der Waals surface area contributed by atoms with Crippen molar-refractivity contribution in [1.82, 2.24) is 10.6 Å². The summed E-state index contributed by atoms with van der Waals surface area (Å²) >= 11 is 0. The van der Waals surface area contributed by atoms with Crippen LogP contribution >= 0.6 is 0 Å². The largest absolute Gasteiger partial charge is 0.489 e. The van der Waals surface area contributed by atoms with Crippen LogP contribution in [-0.4, -0.2) is 45.6 Å². The van der Waals surface area contributed by atoms with Crippen LogP contribution in [-0.2, 0) is 23.0 Å². The van der Waals surface area contributed by atoms with Crippen molar-refractivity contribution < 1.29 is 22.0 Å². The molecule has 4 rings (SSSR count). The van der Waals surface area contributed by atoms with Crippen molar-refractivity contribution >= 4 is 33.1 Å². The lowest BCUT2D eigenvalue weighted by atomic mass is 10.1. The minimum Gasteiger partial charge on any atom is -0.489 e. The van der Waals surface area contributed by atoms with Crippen LogP contribution in [0, 0.1) is 11.2 Å². The van der Waals surface area contributed by atoms with Gasteiger partial charge in [-0.15, -0.1) is 0 Å². The Balaban J connectivity index is 1.39. The van der Waals surface area contributed by atoms with Crippen LogP contribution in [0.1, 0.15) is 30.4 Å². The van der Waals surface area contributed by atoms with Gasteiger partial charge in [-0.2, -0.15) is 0 Å². The molecular weight excluding hydrogens is 545 g/mol. The average Bonchev–Trinajstić information content (AvgIpc) is 3.43. The second-order valence-electron chi connectivity index (χ2n) is 9.41. The van der Waals surface area contributed by atoms with Gasteiger partial charge in [-0.05, 0) is 66.6 Å². The Bertz CT molecular complexity index is 1560. The molecule has 2 heterocycles. The predicted molar refractivity (Wildman–Crippen MR) is 160 cm³/mol. The van der Waals surface area contributed by atoms with E-state index >= 15 is 0 Å². The van der Waals surface area contributed by atoms with Gasteiger partial charge in [-0.3, -0.25) is 5.41 Å². The first-order valence-corrected chi connectivity index (χ1v) is 15.1. The van der Waals surface area contributed by atoms with Gasteiger partial charge in [0.25, 0.3) is 0 Å². The van der Waals surface area contributed by atoms with Gasteiger partial charge in [0.1, 0.15) is 35.5 Å². The summed E-state index contributed by atoms with van der Waals surface area (Å²) in [7, 11) is -1.28. The summed E-state index contributed by atoms with van der Waals surface area (Å²) in [6.07, 6.45) is 4.01. The van der Waals surface area contributed by atoms with E-state index in [-0.39, 0.29) is 29.8 Å². The van der Waals surface area contributed by atoms with E-state index in [4.69, 9.17) is 14.6 Å². The Morgan fingerprint density at radius 1 is 1.10 bits per heavy atom. The number of allylic oxidation sites excluding steroid dienone is 1. The van der Waals surface area contributed by atoms with Gasteiger partial charge >= 0.3 is 0 Å². The molecule has 11 heteroatoms. The Morgan fingerprint density at radius 2 is 1.90 bits per heavy atom. The van der Waals surface area contributed by atoms with Crippen molar-refractivity contribution in [2.24, 2.45) is 4.99 Å². The first kappa shape index (κ1) is 29.8. The van der Waals surface area contributed by atoms with Crippen LogP contribution in [0.3, 0.4) is 0 Å². The molecule has 0 saturated carbocycles. The molecular formula is C30H34FN5O4S. The van der Waals surface area contributed by atoms with Gasteiger partial charge in [0, 0.05) is 36.8 Å². The number of furan rings is 1.